The standard InChI is InChI=1S/C24H16N2/c1-3-11-20-18(9-1)23(17-8-7-14-25-16-17)19-10-2-4-12-21(19)24(20)22-13-5-6-15-26-22/h1-16H. The molecule has 2 nitrogen and oxygen atoms in total. The SMILES string of the molecule is c1ccc(-c2c3ccccc3c(-c3cccnc3)c3ccccc23)nc1. The molecule has 0 fully saturated rings. The lowest BCUT2D eigenvalue weighted by Crippen LogP contribution is -1.92. The van der Waals surface area contributed by atoms with Crippen LogP contribution in [0.25, 0.3) is 43.9 Å². The van der Waals surface area contributed by atoms with Crippen LogP contribution >= 0.6 is 0 Å². The maximum Gasteiger partial charge on any atom is 0.0714 e. The molecule has 5 aromatic rings. The second-order valence-corrected chi connectivity index (χ2v) is 6.30. The van der Waals surface area contributed by atoms with Crippen LogP contribution in [0.2, 0.25) is 0 Å². The molecule has 2 aromatic heterocycles. The Labute approximate surface area is 151 Å². The van der Waals surface area contributed by atoms with Gasteiger partial charge in [0.15, 0.2) is 0 Å². The fourth-order valence-electron chi connectivity index (χ4n) is 3.74. The lowest BCUT2D eigenvalue weighted by molar-refractivity contribution is 1.33. The first-order chi connectivity index (χ1) is 12.9. The average Bonchev–Trinajstić information content (AvgIpc) is 2.73. The van der Waals surface area contributed by atoms with E-state index in [2.05, 4.69) is 70.6 Å². The summed E-state index contributed by atoms with van der Waals surface area (Å²) < 4.78 is 0. The molecule has 0 N–H and O–H groups in total. The zero-order chi connectivity index (χ0) is 17.3. The molecule has 0 atom stereocenters. The molecule has 0 unspecified atom stereocenters. The Morgan fingerprint density at radius 3 is 1.65 bits per heavy atom. The van der Waals surface area contributed by atoms with E-state index in [9.17, 15) is 0 Å². The van der Waals surface area contributed by atoms with Crippen LogP contribution in [0.3, 0.4) is 0 Å². The topological polar surface area (TPSA) is 25.8 Å². The van der Waals surface area contributed by atoms with Crippen molar-refractivity contribution in [2.75, 3.05) is 0 Å². The molecule has 0 bridgehead atoms. The van der Waals surface area contributed by atoms with E-state index < -0.39 is 0 Å². The Morgan fingerprint density at radius 1 is 0.500 bits per heavy atom. The zero-order valence-corrected chi connectivity index (χ0v) is 14.1. The van der Waals surface area contributed by atoms with Gasteiger partial charge in [0.2, 0.25) is 0 Å². The molecule has 5 rings (SSSR count). The monoisotopic (exact) mass is 332 g/mol. The minimum Gasteiger partial charge on any atom is -0.264 e. The van der Waals surface area contributed by atoms with E-state index in [1.807, 2.05) is 36.8 Å². The average molecular weight is 332 g/mol. The molecule has 122 valence electrons. The number of hydrogen-bond acceptors (Lipinski definition) is 2. The van der Waals surface area contributed by atoms with E-state index in [0.29, 0.717) is 0 Å². The van der Waals surface area contributed by atoms with Crippen LogP contribution < -0.4 is 0 Å². The smallest absolute Gasteiger partial charge is 0.0714 e. The third-order valence-corrected chi connectivity index (χ3v) is 4.80. The van der Waals surface area contributed by atoms with Crippen LogP contribution in [0.1, 0.15) is 0 Å². The van der Waals surface area contributed by atoms with Gasteiger partial charge in [0.1, 0.15) is 0 Å². The summed E-state index contributed by atoms with van der Waals surface area (Å²) in [4.78, 5) is 8.98. The van der Waals surface area contributed by atoms with Crippen molar-refractivity contribution in [1.29, 1.82) is 0 Å². The summed E-state index contributed by atoms with van der Waals surface area (Å²) >= 11 is 0. The number of benzene rings is 3. The van der Waals surface area contributed by atoms with Gasteiger partial charge >= 0.3 is 0 Å². The van der Waals surface area contributed by atoms with Gasteiger partial charge in [-0.1, -0.05) is 60.7 Å². The van der Waals surface area contributed by atoms with Crippen molar-refractivity contribution in [3.05, 3.63) is 97.5 Å². The van der Waals surface area contributed by atoms with Crippen LogP contribution in [-0.2, 0) is 0 Å². The fraction of sp³-hybridized carbons (Fsp3) is 0. The molecular formula is C24H16N2. The van der Waals surface area contributed by atoms with E-state index in [1.54, 1.807) is 0 Å². The third kappa shape index (κ3) is 2.27. The van der Waals surface area contributed by atoms with Crippen LogP contribution in [0, 0.1) is 0 Å². The van der Waals surface area contributed by atoms with Crippen molar-refractivity contribution >= 4 is 21.5 Å². The predicted molar refractivity (Wildman–Crippen MR) is 108 cm³/mol. The molecule has 0 aliphatic carbocycles. The summed E-state index contributed by atoms with van der Waals surface area (Å²) in [6.07, 6.45) is 5.61. The summed E-state index contributed by atoms with van der Waals surface area (Å²) in [5.74, 6) is 0. The van der Waals surface area contributed by atoms with E-state index >= 15 is 0 Å². The molecule has 0 radical (unpaired) electrons. The number of aromatic nitrogens is 2. The highest BCUT2D eigenvalue weighted by Gasteiger charge is 2.16. The van der Waals surface area contributed by atoms with E-state index in [1.165, 1.54) is 32.7 Å². The fourth-order valence-corrected chi connectivity index (χ4v) is 3.74. The molecule has 0 amide bonds. The Bertz CT molecular complexity index is 1060. The molecule has 0 spiro atoms. The van der Waals surface area contributed by atoms with Crippen molar-refractivity contribution in [3.8, 4) is 22.4 Å². The normalized spacial score (nSPS) is 11.1. The van der Waals surface area contributed by atoms with Gasteiger partial charge in [0.25, 0.3) is 0 Å². The van der Waals surface area contributed by atoms with Crippen molar-refractivity contribution in [1.82, 2.24) is 9.97 Å². The maximum atomic E-state index is 4.64. The molecule has 26 heavy (non-hydrogen) atoms. The summed E-state index contributed by atoms with van der Waals surface area (Å²) in [7, 11) is 0. The second-order valence-electron chi connectivity index (χ2n) is 6.30. The van der Waals surface area contributed by atoms with Crippen LogP contribution in [0.4, 0.5) is 0 Å². The number of fused-ring (bicyclic) bond motifs is 2. The molecular weight excluding hydrogens is 316 g/mol. The third-order valence-electron chi connectivity index (χ3n) is 4.80. The van der Waals surface area contributed by atoms with Crippen LogP contribution in [0.5, 0.6) is 0 Å². The highest BCUT2D eigenvalue weighted by Crippen LogP contribution is 2.42. The summed E-state index contributed by atoms with van der Waals surface area (Å²) in [6.45, 7) is 0. The zero-order valence-electron chi connectivity index (χ0n) is 14.1. The summed E-state index contributed by atoms with van der Waals surface area (Å²) in [5.41, 5.74) is 4.54. The first-order valence-electron chi connectivity index (χ1n) is 8.69. The predicted octanol–water partition coefficient (Wildman–Crippen LogP) is 6.12. The molecule has 0 saturated carbocycles. The molecule has 2 heterocycles. The largest absolute Gasteiger partial charge is 0.264 e. The Morgan fingerprint density at radius 2 is 1.12 bits per heavy atom. The van der Waals surface area contributed by atoms with E-state index in [-0.39, 0.29) is 0 Å². The molecule has 0 saturated heterocycles. The Kier molecular flexibility index (Phi) is 3.46. The van der Waals surface area contributed by atoms with Gasteiger partial charge in [-0.3, -0.25) is 9.97 Å². The number of pyridine rings is 2. The van der Waals surface area contributed by atoms with Crippen LogP contribution in [0.15, 0.2) is 97.5 Å². The molecule has 2 heteroatoms. The maximum absolute atomic E-state index is 4.64. The molecule has 0 aliphatic heterocycles. The lowest BCUT2D eigenvalue weighted by atomic mass is 9.88. The highest BCUT2D eigenvalue weighted by molar-refractivity contribution is 6.20. The number of hydrogen-bond donors (Lipinski definition) is 0. The summed E-state index contributed by atoms with van der Waals surface area (Å²) in [6, 6.07) is 27.3. The van der Waals surface area contributed by atoms with Crippen molar-refractivity contribution < 1.29 is 0 Å². The summed E-state index contributed by atoms with van der Waals surface area (Å²) in [5, 5.41) is 4.87. The van der Waals surface area contributed by atoms with E-state index in [0.717, 1.165) is 11.3 Å². The van der Waals surface area contributed by atoms with Gasteiger partial charge in [0, 0.05) is 29.7 Å². The highest BCUT2D eigenvalue weighted by atomic mass is 14.7. The molecule has 0 aliphatic rings. The number of rotatable bonds is 2. The van der Waals surface area contributed by atoms with Gasteiger partial charge in [0.05, 0.1) is 5.69 Å². The Hall–Kier alpha value is -3.52. The van der Waals surface area contributed by atoms with Crippen LogP contribution in [-0.4, -0.2) is 9.97 Å². The van der Waals surface area contributed by atoms with Gasteiger partial charge in [-0.25, -0.2) is 0 Å². The van der Waals surface area contributed by atoms with Crippen molar-refractivity contribution in [3.63, 3.8) is 0 Å². The van der Waals surface area contributed by atoms with Crippen molar-refractivity contribution in [2.24, 2.45) is 0 Å². The van der Waals surface area contributed by atoms with Crippen molar-refractivity contribution in [2.45, 2.75) is 0 Å². The first-order valence-corrected chi connectivity index (χ1v) is 8.69. The van der Waals surface area contributed by atoms with E-state index in [4.69, 9.17) is 0 Å². The van der Waals surface area contributed by atoms with Gasteiger partial charge < -0.3 is 0 Å². The lowest BCUT2D eigenvalue weighted by Gasteiger charge is -2.16. The minimum absolute atomic E-state index is 0.998. The first kappa shape index (κ1) is 14.8. The Balaban J connectivity index is 2.02. The number of nitrogens with zero attached hydrogens (tertiary/aromatic N) is 2. The van der Waals surface area contributed by atoms with Gasteiger partial charge in [-0.2, -0.15) is 0 Å². The van der Waals surface area contributed by atoms with Gasteiger partial charge in [-0.05, 0) is 45.3 Å². The van der Waals surface area contributed by atoms with Gasteiger partial charge in [-0.15, -0.1) is 0 Å². The quantitative estimate of drug-likeness (QED) is 0.364. The second kappa shape index (κ2) is 6.08. The minimum atomic E-state index is 0.998. The molecule has 3 aromatic carbocycles.